The van der Waals surface area contributed by atoms with Gasteiger partial charge in [0.2, 0.25) is 0 Å². The maximum absolute atomic E-state index is 9.66. The van der Waals surface area contributed by atoms with Crippen molar-refractivity contribution in [3.63, 3.8) is 0 Å². The van der Waals surface area contributed by atoms with Gasteiger partial charge in [-0.3, -0.25) is 0 Å². The highest BCUT2D eigenvalue weighted by Crippen LogP contribution is 2.11. The summed E-state index contributed by atoms with van der Waals surface area (Å²) in [5.74, 6) is 6.10. The van der Waals surface area contributed by atoms with Crippen molar-refractivity contribution in [3.05, 3.63) is 59.5 Å². The monoisotopic (exact) mass is 212 g/mol. The second-order valence-electron chi connectivity index (χ2n) is 3.55. The van der Waals surface area contributed by atoms with Gasteiger partial charge < -0.3 is 9.52 Å². The molecule has 0 fully saturated rings. The van der Waals surface area contributed by atoms with E-state index in [0.717, 1.165) is 5.56 Å². The summed E-state index contributed by atoms with van der Waals surface area (Å²) in [6.07, 6.45) is 0.655. The lowest BCUT2D eigenvalue weighted by molar-refractivity contribution is 0.206. The van der Waals surface area contributed by atoms with Gasteiger partial charge in [-0.1, -0.05) is 29.5 Å². The van der Waals surface area contributed by atoms with Gasteiger partial charge in [0.15, 0.2) is 6.10 Å². The Hall–Kier alpha value is -1.98. The van der Waals surface area contributed by atoms with Crippen LogP contribution < -0.4 is 0 Å². The lowest BCUT2D eigenvalue weighted by Crippen LogP contribution is -1.90. The smallest absolute Gasteiger partial charge is 0.173 e. The van der Waals surface area contributed by atoms with Gasteiger partial charge in [0, 0.05) is 5.56 Å². The summed E-state index contributed by atoms with van der Waals surface area (Å²) in [5, 5.41) is 9.66. The van der Waals surface area contributed by atoms with Crippen molar-refractivity contribution in [3.8, 4) is 11.8 Å². The first-order valence-electron chi connectivity index (χ1n) is 5.05. The van der Waals surface area contributed by atoms with E-state index in [2.05, 4.69) is 11.8 Å². The average molecular weight is 212 g/mol. The molecule has 2 nitrogen and oxygen atoms in total. The average Bonchev–Trinajstić information content (AvgIpc) is 2.81. The van der Waals surface area contributed by atoms with Crippen LogP contribution in [0.2, 0.25) is 0 Å². The number of hydrogen-bond acceptors (Lipinski definition) is 2. The van der Waals surface area contributed by atoms with Crippen molar-refractivity contribution in [1.29, 1.82) is 0 Å². The maximum Gasteiger partial charge on any atom is 0.173 e. The van der Waals surface area contributed by atoms with Crippen molar-refractivity contribution >= 4 is 0 Å². The second-order valence-corrected chi connectivity index (χ2v) is 3.55. The Bertz CT molecular complexity index is 498. The molecule has 0 aliphatic heterocycles. The first-order chi connectivity index (χ1) is 7.75. The summed E-state index contributed by atoms with van der Waals surface area (Å²) in [6.45, 7) is 2.02. The summed E-state index contributed by atoms with van der Waals surface area (Å²) in [5.41, 5.74) is 2.08. The molecule has 1 aromatic heterocycles. The highest BCUT2D eigenvalue weighted by molar-refractivity contribution is 5.37. The largest absolute Gasteiger partial charge is 0.466 e. The number of furan rings is 1. The lowest BCUT2D eigenvalue weighted by Gasteiger charge is -1.97. The van der Waals surface area contributed by atoms with Crippen molar-refractivity contribution in [1.82, 2.24) is 0 Å². The van der Waals surface area contributed by atoms with E-state index in [0.29, 0.717) is 5.76 Å². The molecule has 1 heterocycles. The Balaban J connectivity index is 2.13. The van der Waals surface area contributed by atoms with Gasteiger partial charge in [0.05, 0.1) is 6.26 Å². The fourth-order valence-corrected chi connectivity index (χ4v) is 1.31. The minimum absolute atomic E-state index is 0.472. The molecule has 1 atom stereocenters. The Labute approximate surface area is 94.5 Å². The number of rotatable bonds is 1. The third-order valence-electron chi connectivity index (χ3n) is 2.22. The van der Waals surface area contributed by atoms with Crippen molar-refractivity contribution in [2.24, 2.45) is 0 Å². The van der Waals surface area contributed by atoms with Gasteiger partial charge in [-0.05, 0) is 31.2 Å². The molecular weight excluding hydrogens is 200 g/mol. The van der Waals surface area contributed by atoms with E-state index in [-0.39, 0.29) is 0 Å². The Kier molecular flexibility index (Phi) is 3.09. The van der Waals surface area contributed by atoms with Crippen LogP contribution in [0.3, 0.4) is 0 Å². The summed E-state index contributed by atoms with van der Waals surface area (Å²) in [4.78, 5) is 0. The molecule has 1 aromatic carbocycles. The molecule has 80 valence electrons. The molecule has 2 rings (SSSR count). The fraction of sp³-hybridized carbons (Fsp3) is 0.143. The van der Waals surface area contributed by atoms with E-state index in [1.807, 2.05) is 31.2 Å². The molecule has 0 radical (unpaired) electrons. The molecule has 0 aliphatic carbocycles. The zero-order chi connectivity index (χ0) is 11.4. The minimum atomic E-state index is -0.865. The molecule has 2 heteroatoms. The van der Waals surface area contributed by atoms with E-state index < -0.39 is 6.10 Å². The molecule has 0 bridgehead atoms. The SMILES string of the molecule is Cc1ccc(C#CC(O)c2ccco2)cc1. The van der Waals surface area contributed by atoms with Crippen LogP contribution in [0.15, 0.2) is 47.1 Å². The number of aliphatic hydroxyl groups is 1. The molecule has 0 amide bonds. The Morgan fingerprint density at radius 1 is 1.19 bits per heavy atom. The predicted molar refractivity (Wildman–Crippen MR) is 61.7 cm³/mol. The van der Waals surface area contributed by atoms with E-state index in [1.54, 1.807) is 12.1 Å². The van der Waals surface area contributed by atoms with E-state index in [9.17, 15) is 5.11 Å². The van der Waals surface area contributed by atoms with Crippen molar-refractivity contribution in [2.75, 3.05) is 0 Å². The van der Waals surface area contributed by atoms with Crippen LogP contribution in [0.5, 0.6) is 0 Å². The maximum atomic E-state index is 9.66. The quantitative estimate of drug-likeness (QED) is 0.737. The van der Waals surface area contributed by atoms with Crippen LogP contribution in [0.1, 0.15) is 23.0 Å². The second kappa shape index (κ2) is 4.69. The van der Waals surface area contributed by atoms with Crippen molar-refractivity contribution < 1.29 is 9.52 Å². The van der Waals surface area contributed by atoms with Gasteiger partial charge in [0.25, 0.3) is 0 Å². The number of benzene rings is 1. The molecule has 0 aliphatic rings. The first kappa shape index (κ1) is 10.5. The number of hydrogen-bond donors (Lipinski definition) is 1. The molecule has 1 N–H and O–H groups in total. The standard InChI is InChI=1S/C14H12O2/c1-11-4-6-12(7-5-11)8-9-13(15)14-3-2-10-16-14/h2-7,10,13,15H,1H3. The molecular formula is C14H12O2. The summed E-state index contributed by atoms with van der Waals surface area (Å²) in [6, 6.07) is 11.3. The predicted octanol–water partition coefficient (Wildman–Crippen LogP) is 2.67. The summed E-state index contributed by atoms with van der Waals surface area (Å²) >= 11 is 0. The third kappa shape index (κ3) is 2.53. The number of aliphatic hydroxyl groups excluding tert-OH is 1. The van der Waals surface area contributed by atoms with Gasteiger partial charge in [-0.15, -0.1) is 0 Å². The normalized spacial score (nSPS) is 11.6. The van der Waals surface area contributed by atoms with Crippen LogP contribution in [-0.2, 0) is 0 Å². The number of aryl methyl sites for hydroxylation is 1. The van der Waals surface area contributed by atoms with E-state index in [1.165, 1.54) is 11.8 Å². The van der Waals surface area contributed by atoms with E-state index in [4.69, 9.17) is 4.42 Å². The topological polar surface area (TPSA) is 33.4 Å². The van der Waals surface area contributed by atoms with Crippen molar-refractivity contribution in [2.45, 2.75) is 13.0 Å². The summed E-state index contributed by atoms with van der Waals surface area (Å²) < 4.78 is 5.05. The van der Waals surface area contributed by atoms with Gasteiger partial charge in [-0.2, -0.15) is 0 Å². The van der Waals surface area contributed by atoms with Crippen LogP contribution in [0.25, 0.3) is 0 Å². The zero-order valence-electron chi connectivity index (χ0n) is 8.97. The van der Waals surface area contributed by atoms with Crippen LogP contribution in [-0.4, -0.2) is 5.11 Å². The first-order valence-corrected chi connectivity index (χ1v) is 5.05. The summed E-state index contributed by atoms with van der Waals surface area (Å²) in [7, 11) is 0. The van der Waals surface area contributed by atoms with Gasteiger partial charge in [-0.25, -0.2) is 0 Å². The fourth-order valence-electron chi connectivity index (χ4n) is 1.31. The van der Waals surface area contributed by atoms with Crippen LogP contribution in [0, 0.1) is 18.8 Å². The van der Waals surface area contributed by atoms with E-state index >= 15 is 0 Å². The molecule has 0 spiro atoms. The lowest BCUT2D eigenvalue weighted by atomic mass is 10.1. The molecule has 2 aromatic rings. The Morgan fingerprint density at radius 3 is 2.56 bits per heavy atom. The third-order valence-corrected chi connectivity index (χ3v) is 2.22. The molecule has 16 heavy (non-hydrogen) atoms. The Morgan fingerprint density at radius 2 is 1.94 bits per heavy atom. The molecule has 0 saturated carbocycles. The molecule has 1 unspecified atom stereocenters. The van der Waals surface area contributed by atoms with Crippen LogP contribution >= 0.6 is 0 Å². The zero-order valence-corrected chi connectivity index (χ0v) is 8.97. The van der Waals surface area contributed by atoms with Gasteiger partial charge >= 0.3 is 0 Å². The van der Waals surface area contributed by atoms with Crippen LogP contribution in [0.4, 0.5) is 0 Å². The highest BCUT2D eigenvalue weighted by atomic mass is 16.4. The van der Waals surface area contributed by atoms with Gasteiger partial charge in [0.1, 0.15) is 5.76 Å². The molecule has 0 saturated heterocycles. The minimum Gasteiger partial charge on any atom is -0.466 e. The highest BCUT2D eigenvalue weighted by Gasteiger charge is 2.04.